The van der Waals surface area contributed by atoms with E-state index in [1.807, 2.05) is 0 Å². The van der Waals surface area contributed by atoms with Crippen molar-refractivity contribution >= 4 is 64.6 Å². The lowest BCUT2D eigenvalue weighted by Crippen LogP contribution is -2.28. The molecule has 0 heteroatoms. The normalized spacial score (nSPS) is 13.9. The molecule has 74 heavy (non-hydrogen) atoms. The van der Waals surface area contributed by atoms with E-state index in [-0.39, 0.29) is 0 Å². The minimum atomic E-state index is -0.502. The third-order valence-corrected chi connectivity index (χ3v) is 17.1. The molecule has 14 aromatic rings. The van der Waals surface area contributed by atoms with Gasteiger partial charge in [0.25, 0.3) is 0 Å². The number of fused-ring (bicyclic) bond motifs is 2. The second-order valence-corrected chi connectivity index (χ2v) is 20.6. The van der Waals surface area contributed by atoms with Crippen molar-refractivity contribution in [1.82, 2.24) is 0 Å². The predicted molar refractivity (Wildman–Crippen MR) is 312 cm³/mol. The summed E-state index contributed by atoms with van der Waals surface area (Å²) in [5.74, 6) is 0. The summed E-state index contributed by atoms with van der Waals surface area (Å²) >= 11 is 0. The highest BCUT2D eigenvalue weighted by molar-refractivity contribution is 6.24. The molecule has 0 unspecified atom stereocenters. The van der Waals surface area contributed by atoms with Crippen molar-refractivity contribution in [3.05, 3.63) is 324 Å². The zero-order chi connectivity index (χ0) is 48.5. The fraction of sp³-hybridized carbons (Fsp3) is 0.0270. The van der Waals surface area contributed by atoms with Crippen molar-refractivity contribution in [2.75, 3.05) is 0 Å². The van der Waals surface area contributed by atoms with Gasteiger partial charge < -0.3 is 0 Å². The summed E-state index contributed by atoms with van der Waals surface area (Å²) in [6.07, 6.45) is 0. The molecular weight excluding hydrogens is 889 g/mol. The van der Waals surface area contributed by atoms with Gasteiger partial charge in [0, 0.05) is 0 Å². The average Bonchev–Trinajstić information content (AvgIpc) is 3.96. The maximum atomic E-state index is 2.55. The van der Waals surface area contributed by atoms with E-state index >= 15 is 0 Å². The van der Waals surface area contributed by atoms with Crippen LogP contribution in [0.25, 0.3) is 98.0 Å². The second-order valence-electron chi connectivity index (χ2n) is 20.6. The molecule has 14 aromatic carbocycles. The van der Waals surface area contributed by atoms with Crippen LogP contribution in [0.4, 0.5) is 0 Å². The summed E-state index contributed by atoms with van der Waals surface area (Å²) in [4.78, 5) is 0. The Morgan fingerprint density at radius 3 is 0.932 bits per heavy atom. The van der Waals surface area contributed by atoms with Crippen LogP contribution in [0.2, 0.25) is 0 Å². The van der Waals surface area contributed by atoms with Crippen molar-refractivity contribution in [1.29, 1.82) is 0 Å². The van der Waals surface area contributed by atoms with Gasteiger partial charge in [-0.05, 0) is 167 Å². The second kappa shape index (κ2) is 15.6. The molecule has 0 saturated heterocycles. The first kappa shape index (κ1) is 41.3. The van der Waals surface area contributed by atoms with E-state index in [0.717, 1.165) is 0 Å². The number of hydrogen-bond donors (Lipinski definition) is 0. The summed E-state index contributed by atoms with van der Waals surface area (Å²) in [5.41, 5.74) is 16.9. The van der Waals surface area contributed by atoms with Crippen LogP contribution in [0, 0.1) is 0 Å². The minimum absolute atomic E-state index is 0.468. The van der Waals surface area contributed by atoms with Gasteiger partial charge in [-0.3, -0.25) is 0 Å². The Bertz CT molecular complexity index is 4470. The van der Waals surface area contributed by atoms with Crippen LogP contribution < -0.4 is 0 Å². The van der Waals surface area contributed by atoms with Crippen LogP contribution in [0.15, 0.2) is 279 Å². The highest BCUT2D eigenvalue weighted by Crippen LogP contribution is 2.59. The van der Waals surface area contributed by atoms with Gasteiger partial charge >= 0.3 is 0 Å². The fourth-order valence-corrected chi connectivity index (χ4v) is 14.2. The van der Waals surface area contributed by atoms with Crippen molar-refractivity contribution in [3.8, 4) is 33.4 Å². The summed E-state index contributed by atoms with van der Waals surface area (Å²) in [6.45, 7) is 0. The zero-order valence-electron chi connectivity index (χ0n) is 40.6. The largest absolute Gasteiger partial charge is 0.0714 e. The number of benzene rings is 14. The predicted octanol–water partition coefficient (Wildman–Crippen LogP) is 19.0. The van der Waals surface area contributed by atoms with Crippen LogP contribution in [0.1, 0.15) is 44.5 Å². The Morgan fingerprint density at radius 2 is 0.514 bits per heavy atom. The molecule has 0 fully saturated rings. The molecule has 0 heterocycles. The lowest BCUT2D eigenvalue weighted by atomic mass is 9.67. The lowest BCUT2D eigenvalue weighted by Gasteiger charge is -2.34. The maximum absolute atomic E-state index is 2.55. The monoisotopic (exact) mass is 934 g/mol. The first-order valence-corrected chi connectivity index (χ1v) is 26.0. The molecule has 0 nitrogen and oxygen atoms in total. The summed E-state index contributed by atoms with van der Waals surface area (Å²) in [7, 11) is 0. The van der Waals surface area contributed by atoms with Crippen LogP contribution in [-0.4, -0.2) is 0 Å². The molecule has 0 aromatic heterocycles. The molecule has 0 amide bonds. The van der Waals surface area contributed by atoms with E-state index in [4.69, 9.17) is 0 Å². The van der Waals surface area contributed by atoms with Gasteiger partial charge in [-0.25, -0.2) is 0 Å². The van der Waals surface area contributed by atoms with E-state index in [2.05, 4.69) is 279 Å². The molecular formula is C74H46. The molecule has 0 N–H and O–H groups in total. The van der Waals surface area contributed by atoms with E-state index < -0.39 is 10.8 Å². The summed E-state index contributed by atoms with van der Waals surface area (Å²) in [5, 5.41) is 15.5. The van der Waals surface area contributed by atoms with Crippen molar-refractivity contribution < 1.29 is 0 Å². The van der Waals surface area contributed by atoms with Gasteiger partial charge in [0.05, 0.1) is 10.8 Å². The Labute approximate surface area is 430 Å². The quantitative estimate of drug-likeness (QED) is 0.110. The molecule has 2 aliphatic rings. The highest BCUT2D eigenvalue weighted by atomic mass is 14.5. The molecule has 342 valence electrons. The lowest BCUT2D eigenvalue weighted by molar-refractivity contribution is 0.771. The third kappa shape index (κ3) is 5.47. The number of rotatable bonds is 7. The van der Waals surface area contributed by atoms with Gasteiger partial charge in [0.2, 0.25) is 0 Å². The van der Waals surface area contributed by atoms with Gasteiger partial charge in [-0.15, -0.1) is 0 Å². The molecule has 0 aliphatic heterocycles. The highest BCUT2D eigenvalue weighted by Gasteiger charge is 2.47. The number of hydrogen-bond acceptors (Lipinski definition) is 0. The standard InChI is InChI=1S/C74H46/c1-5-21-55(22-6-1)73(56-23-7-2-8-24-56)63-33-17-19-48-39-41-51-43-53(45-65(73)71(51)69(48)63)47-35-37-50(38-36-47)67-59-29-13-15-31-61(59)68(62-32-16-14-30-60(62)67)54-44-52-42-40-49-20-18-34-64-70(49)72(52)66(46-54)74(64,57-25-9-3-10-26-57)58-27-11-4-12-28-58/h1-46H. The van der Waals surface area contributed by atoms with Crippen molar-refractivity contribution in [2.24, 2.45) is 0 Å². The van der Waals surface area contributed by atoms with E-state index in [1.54, 1.807) is 0 Å². The first-order chi connectivity index (χ1) is 36.7. The smallest absolute Gasteiger partial charge is 0.0622 e. The third-order valence-electron chi connectivity index (χ3n) is 17.1. The fourth-order valence-electron chi connectivity index (χ4n) is 14.2. The Morgan fingerprint density at radius 1 is 0.189 bits per heavy atom. The van der Waals surface area contributed by atoms with Crippen LogP contribution >= 0.6 is 0 Å². The van der Waals surface area contributed by atoms with Crippen LogP contribution in [-0.2, 0) is 10.8 Å². The van der Waals surface area contributed by atoms with Crippen LogP contribution in [0.3, 0.4) is 0 Å². The maximum Gasteiger partial charge on any atom is 0.0714 e. The molecule has 0 bridgehead atoms. The van der Waals surface area contributed by atoms with Gasteiger partial charge in [-0.1, -0.05) is 255 Å². The Kier molecular flexibility index (Phi) is 8.68. The molecule has 0 spiro atoms. The topological polar surface area (TPSA) is 0 Å². The Hall–Kier alpha value is -9.36. The van der Waals surface area contributed by atoms with Crippen molar-refractivity contribution in [2.45, 2.75) is 10.8 Å². The Balaban J connectivity index is 0.893. The van der Waals surface area contributed by atoms with Gasteiger partial charge in [-0.2, -0.15) is 0 Å². The van der Waals surface area contributed by atoms with Crippen LogP contribution in [0.5, 0.6) is 0 Å². The zero-order valence-corrected chi connectivity index (χ0v) is 40.6. The average molecular weight is 935 g/mol. The molecule has 0 saturated carbocycles. The molecule has 16 rings (SSSR count). The SMILES string of the molecule is c1ccc(C2(c3ccccc3)c3cccc4ccc5cc(-c6ccc(-c7c8ccccc8c(-c8cc9c%10c(ccc%11cccc(c%11%10)C9(c9ccccc9)c9ccccc9)c8)c8ccccc78)cc6)cc2c5c34)cc1. The summed E-state index contributed by atoms with van der Waals surface area (Å²) < 4.78 is 0. The minimum Gasteiger partial charge on any atom is -0.0622 e. The first-order valence-electron chi connectivity index (χ1n) is 26.0. The van der Waals surface area contributed by atoms with E-state index in [0.29, 0.717) is 0 Å². The molecule has 2 aliphatic carbocycles. The molecule has 0 radical (unpaired) electrons. The van der Waals surface area contributed by atoms with Crippen molar-refractivity contribution in [3.63, 3.8) is 0 Å². The van der Waals surface area contributed by atoms with Gasteiger partial charge in [0.1, 0.15) is 0 Å². The van der Waals surface area contributed by atoms with Gasteiger partial charge in [0.15, 0.2) is 0 Å². The molecule has 0 atom stereocenters. The van der Waals surface area contributed by atoms with E-state index in [1.165, 1.54) is 143 Å². The summed E-state index contributed by atoms with van der Waals surface area (Å²) in [6, 6.07) is 105. The van der Waals surface area contributed by atoms with E-state index in [9.17, 15) is 0 Å².